The predicted molar refractivity (Wildman–Crippen MR) is 76.1 cm³/mol. The third-order valence-corrected chi connectivity index (χ3v) is 5.25. The maximum Gasteiger partial charge on any atom is 0.522 e. The number of halogens is 3. The Kier molecular flexibility index (Phi) is 5.21. The minimum Gasteiger partial charge on any atom is -0.308 e. The van der Waals surface area contributed by atoms with Crippen LogP contribution in [0.5, 0.6) is 0 Å². The van der Waals surface area contributed by atoms with Gasteiger partial charge in [-0.1, -0.05) is 26.2 Å². The molecule has 0 amide bonds. The first-order valence-electron chi connectivity index (χ1n) is 7.99. The van der Waals surface area contributed by atoms with Crippen molar-refractivity contribution in [1.82, 2.24) is 10.2 Å². The van der Waals surface area contributed by atoms with Crippen LogP contribution in [0.25, 0.3) is 0 Å². The second kappa shape index (κ2) is 6.42. The number of hydrogen-bond donors (Lipinski definition) is 1. The Labute approximate surface area is 125 Å². The van der Waals surface area contributed by atoms with Gasteiger partial charge in [0.15, 0.2) is 0 Å². The van der Waals surface area contributed by atoms with E-state index in [-0.39, 0.29) is 17.7 Å². The molecule has 1 saturated heterocycles. The van der Waals surface area contributed by atoms with Gasteiger partial charge in [0.2, 0.25) is 0 Å². The van der Waals surface area contributed by atoms with Crippen molar-refractivity contribution in [1.29, 1.82) is 0 Å². The second-order valence-corrected chi connectivity index (χ2v) is 6.77. The molecular weight excluding hydrogens is 281 g/mol. The molecule has 21 heavy (non-hydrogen) atoms. The predicted octanol–water partition coefficient (Wildman–Crippen LogP) is 3.30. The first-order valence-corrected chi connectivity index (χ1v) is 7.99. The average Bonchev–Trinajstić information content (AvgIpc) is 2.43. The monoisotopic (exact) mass is 308 g/mol. The first-order chi connectivity index (χ1) is 9.79. The first kappa shape index (κ1) is 17.0. The molecule has 3 nitrogen and oxygen atoms in total. The van der Waals surface area contributed by atoms with Gasteiger partial charge in [-0.05, 0) is 26.2 Å². The Morgan fingerprint density at radius 1 is 1.19 bits per heavy atom. The standard InChI is InChI=1S/C15H27F3N2O/c1-3-13(2)12-20(9-10-21-15(16,17)18)14(11-19-13)7-5-4-6-8-14/h19H,3-12H2,1-2H3. The molecule has 1 heterocycles. The van der Waals surface area contributed by atoms with E-state index in [9.17, 15) is 13.2 Å². The number of rotatable bonds is 4. The molecule has 2 aliphatic rings. The van der Waals surface area contributed by atoms with Crippen molar-refractivity contribution >= 4 is 0 Å². The minimum atomic E-state index is -4.53. The van der Waals surface area contributed by atoms with Gasteiger partial charge in [-0.3, -0.25) is 9.64 Å². The van der Waals surface area contributed by atoms with Gasteiger partial charge >= 0.3 is 6.36 Å². The van der Waals surface area contributed by atoms with Crippen LogP contribution in [0, 0.1) is 0 Å². The Balaban J connectivity index is 2.02. The third kappa shape index (κ3) is 4.33. The lowest BCUT2D eigenvalue weighted by molar-refractivity contribution is -0.326. The van der Waals surface area contributed by atoms with Gasteiger partial charge < -0.3 is 5.32 Å². The van der Waals surface area contributed by atoms with Gasteiger partial charge in [0.1, 0.15) is 0 Å². The lowest BCUT2D eigenvalue weighted by Crippen LogP contribution is -2.69. The van der Waals surface area contributed by atoms with Gasteiger partial charge in [0.25, 0.3) is 0 Å². The molecule has 0 radical (unpaired) electrons. The normalized spacial score (nSPS) is 30.7. The molecule has 0 aromatic heterocycles. The van der Waals surface area contributed by atoms with Crippen LogP contribution in [0.4, 0.5) is 13.2 Å². The molecule has 0 aromatic rings. The van der Waals surface area contributed by atoms with E-state index in [1.807, 2.05) is 0 Å². The summed E-state index contributed by atoms with van der Waals surface area (Å²) in [6.07, 6.45) is 2.17. The number of nitrogens with zero attached hydrogens (tertiary/aromatic N) is 1. The SMILES string of the molecule is CCC1(C)CN(CCOC(F)(F)F)C2(CCCCC2)CN1. The smallest absolute Gasteiger partial charge is 0.308 e. The summed E-state index contributed by atoms with van der Waals surface area (Å²) in [5.74, 6) is 0. The largest absolute Gasteiger partial charge is 0.522 e. The summed E-state index contributed by atoms with van der Waals surface area (Å²) in [6, 6.07) is 0. The van der Waals surface area contributed by atoms with Crippen LogP contribution in [-0.4, -0.2) is 48.6 Å². The van der Waals surface area contributed by atoms with Gasteiger partial charge in [-0.15, -0.1) is 13.2 Å². The summed E-state index contributed by atoms with van der Waals surface area (Å²) in [4.78, 5) is 2.26. The zero-order chi connectivity index (χ0) is 15.6. The molecule has 0 bridgehead atoms. The molecule has 0 aromatic carbocycles. The molecule has 6 heteroatoms. The number of piperazine rings is 1. The number of nitrogens with one attached hydrogen (secondary N) is 1. The highest BCUT2D eigenvalue weighted by molar-refractivity contribution is 5.04. The van der Waals surface area contributed by atoms with Crippen molar-refractivity contribution in [3.63, 3.8) is 0 Å². The molecule has 1 saturated carbocycles. The van der Waals surface area contributed by atoms with Gasteiger partial charge in [0.05, 0.1) is 6.61 Å². The molecule has 1 unspecified atom stereocenters. The molecule has 1 atom stereocenters. The Morgan fingerprint density at radius 2 is 1.86 bits per heavy atom. The molecule has 1 aliphatic carbocycles. The maximum absolute atomic E-state index is 12.2. The zero-order valence-corrected chi connectivity index (χ0v) is 13.1. The molecule has 2 rings (SSSR count). The number of alkyl halides is 3. The molecule has 124 valence electrons. The van der Waals surface area contributed by atoms with Crippen LogP contribution in [0.1, 0.15) is 52.4 Å². The highest BCUT2D eigenvalue weighted by Gasteiger charge is 2.45. The van der Waals surface area contributed by atoms with E-state index in [1.54, 1.807) is 0 Å². The van der Waals surface area contributed by atoms with Crippen LogP contribution in [0.2, 0.25) is 0 Å². The fourth-order valence-electron chi connectivity index (χ4n) is 3.66. The fraction of sp³-hybridized carbons (Fsp3) is 1.00. The van der Waals surface area contributed by atoms with Gasteiger partial charge in [-0.25, -0.2) is 0 Å². The molecule has 1 N–H and O–H groups in total. The number of hydrogen-bond acceptors (Lipinski definition) is 3. The summed E-state index contributed by atoms with van der Waals surface area (Å²) in [6.45, 7) is 6.03. The van der Waals surface area contributed by atoms with Gasteiger partial charge in [-0.2, -0.15) is 0 Å². The zero-order valence-electron chi connectivity index (χ0n) is 13.1. The molecule has 1 spiro atoms. The topological polar surface area (TPSA) is 24.5 Å². The summed E-state index contributed by atoms with van der Waals surface area (Å²) in [7, 11) is 0. The lowest BCUT2D eigenvalue weighted by atomic mass is 9.76. The second-order valence-electron chi connectivity index (χ2n) is 6.77. The lowest BCUT2D eigenvalue weighted by Gasteiger charge is -2.55. The van der Waals surface area contributed by atoms with Crippen LogP contribution in [0.3, 0.4) is 0 Å². The van der Waals surface area contributed by atoms with Crippen LogP contribution in [0.15, 0.2) is 0 Å². The Bertz CT molecular complexity index is 342. The van der Waals surface area contributed by atoms with E-state index in [4.69, 9.17) is 0 Å². The van der Waals surface area contributed by atoms with Crippen LogP contribution < -0.4 is 5.32 Å². The van der Waals surface area contributed by atoms with E-state index >= 15 is 0 Å². The van der Waals surface area contributed by atoms with Crippen molar-refractivity contribution in [2.24, 2.45) is 0 Å². The summed E-state index contributed by atoms with van der Waals surface area (Å²) in [5, 5.41) is 3.64. The average molecular weight is 308 g/mol. The summed E-state index contributed by atoms with van der Waals surface area (Å²) in [5.41, 5.74) is 0.0167. The van der Waals surface area contributed by atoms with Crippen molar-refractivity contribution in [3.8, 4) is 0 Å². The minimum absolute atomic E-state index is 0.0130. The van der Waals surface area contributed by atoms with Crippen molar-refractivity contribution in [3.05, 3.63) is 0 Å². The van der Waals surface area contributed by atoms with Crippen LogP contribution in [-0.2, 0) is 4.74 Å². The summed E-state index contributed by atoms with van der Waals surface area (Å²) < 4.78 is 40.6. The van der Waals surface area contributed by atoms with E-state index in [0.717, 1.165) is 32.4 Å². The van der Waals surface area contributed by atoms with Crippen LogP contribution >= 0.6 is 0 Å². The fourth-order valence-corrected chi connectivity index (χ4v) is 3.66. The Hall–Kier alpha value is -0.330. The van der Waals surface area contributed by atoms with E-state index in [2.05, 4.69) is 28.8 Å². The molecule has 2 fully saturated rings. The van der Waals surface area contributed by atoms with Gasteiger partial charge in [0, 0.05) is 30.7 Å². The Morgan fingerprint density at radius 3 is 2.43 bits per heavy atom. The van der Waals surface area contributed by atoms with E-state index in [1.165, 1.54) is 19.3 Å². The van der Waals surface area contributed by atoms with E-state index in [0.29, 0.717) is 6.54 Å². The molecule has 1 aliphatic heterocycles. The number of ether oxygens (including phenoxy) is 1. The summed E-state index contributed by atoms with van der Waals surface area (Å²) >= 11 is 0. The highest BCUT2D eigenvalue weighted by Crippen LogP contribution is 2.37. The van der Waals surface area contributed by atoms with E-state index < -0.39 is 6.36 Å². The third-order valence-electron chi connectivity index (χ3n) is 5.25. The maximum atomic E-state index is 12.2. The van der Waals surface area contributed by atoms with Crippen molar-refractivity contribution in [2.75, 3.05) is 26.2 Å². The van der Waals surface area contributed by atoms with Crippen molar-refractivity contribution in [2.45, 2.75) is 69.8 Å². The highest BCUT2D eigenvalue weighted by atomic mass is 19.4. The molecular formula is C15H27F3N2O. The quantitative estimate of drug-likeness (QED) is 0.862. The van der Waals surface area contributed by atoms with Crippen molar-refractivity contribution < 1.29 is 17.9 Å².